The topological polar surface area (TPSA) is 73.6 Å². The van der Waals surface area contributed by atoms with Crippen LogP contribution in [0.25, 0.3) is 0 Å². The van der Waals surface area contributed by atoms with Crippen LogP contribution >= 0.6 is 0 Å². The molecule has 5 heteroatoms. The van der Waals surface area contributed by atoms with E-state index in [0.29, 0.717) is 23.6 Å². The number of amides is 1. The molecule has 1 rings (SSSR count). The molecule has 1 amide bonds. The number of benzene rings is 1. The second-order valence-corrected chi connectivity index (χ2v) is 4.44. The minimum Gasteiger partial charge on any atom is -0.493 e. The molecule has 0 aliphatic carbocycles. The van der Waals surface area contributed by atoms with Crippen molar-refractivity contribution in [2.75, 3.05) is 19.5 Å². The molecule has 19 heavy (non-hydrogen) atoms. The molecule has 3 N–H and O–H groups in total. The summed E-state index contributed by atoms with van der Waals surface area (Å²) in [6.45, 7) is 3.86. The van der Waals surface area contributed by atoms with Crippen LogP contribution in [-0.4, -0.2) is 26.2 Å². The second kappa shape index (κ2) is 6.99. The van der Waals surface area contributed by atoms with E-state index < -0.39 is 0 Å². The van der Waals surface area contributed by atoms with Crippen molar-refractivity contribution in [2.24, 2.45) is 5.73 Å². The average molecular weight is 266 g/mol. The van der Waals surface area contributed by atoms with Gasteiger partial charge in [-0.2, -0.15) is 0 Å². The van der Waals surface area contributed by atoms with Crippen molar-refractivity contribution in [3.8, 4) is 11.5 Å². The molecule has 0 spiro atoms. The van der Waals surface area contributed by atoms with Crippen LogP contribution in [0.2, 0.25) is 0 Å². The number of anilines is 1. The molecule has 106 valence electrons. The lowest BCUT2D eigenvalue weighted by Gasteiger charge is -2.14. The number of nitrogens with two attached hydrogens (primary N) is 1. The van der Waals surface area contributed by atoms with Crippen LogP contribution in [0.1, 0.15) is 25.3 Å². The van der Waals surface area contributed by atoms with Crippen molar-refractivity contribution in [3.63, 3.8) is 0 Å². The van der Waals surface area contributed by atoms with E-state index in [9.17, 15) is 4.79 Å². The number of carbonyl (C=O) groups excluding carboxylic acids is 1. The Hall–Kier alpha value is -1.75. The van der Waals surface area contributed by atoms with Crippen molar-refractivity contribution in [3.05, 3.63) is 17.7 Å². The fourth-order valence-electron chi connectivity index (χ4n) is 1.70. The fourth-order valence-corrected chi connectivity index (χ4v) is 1.70. The zero-order chi connectivity index (χ0) is 14.4. The van der Waals surface area contributed by atoms with Gasteiger partial charge in [-0.15, -0.1) is 0 Å². The molecule has 0 heterocycles. The quantitative estimate of drug-likeness (QED) is 0.826. The lowest BCUT2D eigenvalue weighted by atomic mass is 10.1. The number of rotatable bonds is 6. The van der Waals surface area contributed by atoms with Gasteiger partial charge >= 0.3 is 0 Å². The molecule has 0 aromatic heterocycles. The Morgan fingerprint density at radius 1 is 1.32 bits per heavy atom. The molecule has 1 atom stereocenters. The zero-order valence-corrected chi connectivity index (χ0v) is 11.9. The van der Waals surface area contributed by atoms with Gasteiger partial charge in [-0.25, -0.2) is 0 Å². The number of nitrogens with one attached hydrogen (secondary N) is 1. The molecule has 0 bridgehead atoms. The van der Waals surface area contributed by atoms with Gasteiger partial charge < -0.3 is 20.5 Å². The van der Waals surface area contributed by atoms with E-state index >= 15 is 0 Å². The molecular formula is C14H22N2O3. The minimum atomic E-state index is -0.111. The molecule has 1 unspecified atom stereocenters. The Morgan fingerprint density at radius 2 is 1.89 bits per heavy atom. The standard InChI is InChI=1S/C14H22N2O3/c1-5-10(15)7-14(17)16-11-8-13(19-4)12(18-3)6-9(11)2/h6,8,10H,5,7,15H2,1-4H3,(H,16,17). The minimum absolute atomic E-state index is 0.0929. The second-order valence-electron chi connectivity index (χ2n) is 4.44. The highest BCUT2D eigenvalue weighted by atomic mass is 16.5. The molecule has 0 saturated heterocycles. The van der Waals surface area contributed by atoms with Crippen molar-refractivity contribution in [2.45, 2.75) is 32.7 Å². The first-order valence-electron chi connectivity index (χ1n) is 6.29. The maximum atomic E-state index is 11.8. The van der Waals surface area contributed by atoms with Gasteiger partial charge in [0.2, 0.25) is 5.91 Å². The highest BCUT2D eigenvalue weighted by Gasteiger charge is 2.12. The lowest BCUT2D eigenvalue weighted by Crippen LogP contribution is -2.26. The van der Waals surface area contributed by atoms with Gasteiger partial charge in [-0.1, -0.05) is 6.92 Å². The summed E-state index contributed by atoms with van der Waals surface area (Å²) in [6.07, 6.45) is 1.09. The third-order valence-corrected chi connectivity index (χ3v) is 2.98. The molecular weight excluding hydrogens is 244 g/mol. The van der Waals surface area contributed by atoms with Crippen LogP contribution in [0, 0.1) is 6.92 Å². The maximum absolute atomic E-state index is 11.8. The smallest absolute Gasteiger partial charge is 0.225 e. The lowest BCUT2D eigenvalue weighted by molar-refractivity contribution is -0.116. The molecule has 5 nitrogen and oxygen atoms in total. The number of aryl methyl sites for hydroxylation is 1. The van der Waals surface area contributed by atoms with E-state index in [1.54, 1.807) is 20.3 Å². The summed E-state index contributed by atoms with van der Waals surface area (Å²) in [5.74, 6) is 1.14. The summed E-state index contributed by atoms with van der Waals surface area (Å²) in [5, 5.41) is 2.85. The van der Waals surface area contributed by atoms with Gasteiger partial charge in [0.15, 0.2) is 11.5 Å². The zero-order valence-electron chi connectivity index (χ0n) is 11.9. The van der Waals surface area contributed by atoms with E-state index in [1.807, 2.05) is 19.9 Å². The first kappa shape index (κ1) is 15.3. The van der Waals surface area contributed by atoms with Crippen molar-refractivity contribution < 1.29 is 14.3 Å². The Bertz CT molecular complexity index is 447. The van der Waals surface area contributed by atoms with E-state index in [0.717, 1.165) is 12.0 Å². The van der Waals surface area contributed by atoms with E-state index in [2.05, 4.69) is 5.32 Å². The number of hydrogen-bond donors (Lipinski definition) is 2. The van der Waals surface area contributed by atoms with Gasteiger partial charge in [-0.3, -0.25) is 4.79 Å². The summed E-state index contributed by atoms with van der Waals surface area (Å²) in [5.41, 5.74) is 7.39. The third-order valence-electron chi connectivity index (χ3n) is 2.98. The predicted octanol–water partition coefficient (Wildman–Crippen LogP) is 2.08. The molecule has 0 fully saturated rings. The number of carbonyl (C=O) groups is 1. The van der Waals surface area contributed by atoms with Gasteiger partial charge in [0, 0.05) is 24.2 Å². The van der Waals surface area contributed by atoms with Gasteiger partial charge in [0.05, 0.1) is 14.2 Å². The molecule has 0 aliphatic heterocycles. The summed E-state index contributed by atoms with van der Waals surface area (Å²) in [7, 11) is 3.14. The van der Waals surface area contributed by atoms with Crippen LogP contribution in [-0.2, 0) is 4.79 Å². The normalized spacial score (nSPS) is 11.8. The Kier molecular flexibility index (Phi) is 5.63. The Balaban J connectivity index is 2.86. The van der Waals surface area contributed by atoms with Gasteiger partial charge in [-0.05, 0) is 25.0 Å². The van der Waals surface area contributed by atoms with Crippen LogP contribution in [0.15, 0.2) is 12.1 Å². The molecule has 1 aromatic rings. The number of ether oxygens (including phenoxy) is 2. The highest BCUT2D eigenvalue weighted by molar-refractivity contribution is 5.92. The first-order valence-corrected chi connectivity index (χ1v) is 6.29. The van der Waals surface area contributed by atoms with E-state index in [-0.39, 0.29) is 11.9 Å². The number of hydrogen-bond acceptors (Lipinski definition) is 4. The molecule has 0 aliphatic rings. The Labute approximate surface area is 114 Å². The summed E-state index contributed by atoms with van der Waals surface area (Å²) in [4.78, 5) is 11.8. The van der Waals surface area contributed by atoms with Crippen LogP contribution in [0.5, 0.6) is 11.5 Å². The summed E-state index contributed by atoms with van der Waals surface area (Å²) >= 11 is 0. The van der Waals surface area contributed by atoms with Crippen LogP contribution in [0.3, 0.4) is 0 Å². The maximum Gasteiger partial charge on any atom is 0.225 e. The molecule has 0 radical (unpaired) electrons. The van der Waals surface area contributed by atoms with Crippen molar-refractivity contribution in [1.29, 1.82) is 0 Å². The van der Waals surface area contributed by atoms with Gasteiger partial charge in [0.1, 0.15) is 0 Å². The van der Waals surface area contributed by atoms with Crippen LogP contribution < -0.4 is 20.5 Å². The van der Waals surface area contributed by atoms with Gasteiger partial charge in [0.25, 0.3) is 0 Å². The monoisotopic (exact) mass is 266 g/mol. The Morgan fingerprint density at radius 3 is 2.42 bits per heavy atom. The predicted molar refractivity (Wildman–Crippen MR) is 75.8 cm³/mol. The van der Waals surface area contributed by atoms with Crippen molar-refractivity contribution in [1.82, 2.24) is 0 Å². The number of methoxy groups -OCH3 is 2. The van der Waals surface area contributed by atoms with E-state index in [4.69, 9.17) is 15.2 Å². The summed E-state index contributed by atoms with van der Waals surface area (Å²) < 4.78 is 10.4. The van der Waals surface area contributed by atoms with Crippen LogP contribution in [0.4, 0.5) is 5.69 Å². The summed E-state index contributed by atoms with van der Waals surface area (Å²) in [6, 6.07) is 3.47. The third kappa shape index (κ3) is 4.13. The first-order chi connectivity index (χ1) is 9.01. The van der Waals surface area contributed by atoms with E-state index in [1.165, 1.54) is 0 Å². The largest absolute Gasteiger partial charge is 0.493 e. The SMILES string of the molecule is CCC(N)CC(=O)Nc1cc(OC)c(OC)cc1C. The molecule has 1 aromatic carbocycles. The highest BCUT2D eigenvalue weighted by Crippen LogP contribution is 2.32. The van der Waals surface area contributed by atoms with Crippen molar-refractivity contribution >= 4 is 11.6 Å². The molecule has 0 saturated carbocycles. The average Bonchev–Trinajstić information content (AvgIpc) is 2.40. The fraction of sp³-hybridized carbons (Fsp3) is 0.500.